The van der Waals surface area contributed by atoms with E-state index in [1.165, 1.54) is 24.4 Å². The van der Waals surface area contributed by atoms with Crippen LogP contribution in [-0.2, 0) is 23.8 Å². The molecule has 13 heteroatoms. The Bertz CT molecular complexity index is 1710. The highest BCUT2D eigenvalue weighted by Crippen LogP contribution is 2.37. The molecule has 8 nitrogen and oxygen atoms in total. The van der Waals surface area contributed by atoms with E-state index in [-0.39, 0.29) is 36.5 Å². The number of carbonyl (C=O) groups is 2. The van der Waals surface area contributed by atoms with Crippen LogP contribution in [0.4, 0.5) is 33.8 Å². The van der Waals surface area contributed by atoms with Crippen LogP contribution in [0.3, 0.4) is 0 Å². The van der Waals surface area contributed by atoms with Crippen LogP contribution in [0.15, 0.2) is 71.3 Å². The van der Waals surface area contributed by atoms with Gasteiger partial charge in [0.2, 0.25) is 17.5 Å². The molecule has 246 valence electrons. The van der Waals surface area contributed by atoms with Crippen LogP contribution in [0.2, 0.25) is 0 Å². The lowest BCUT2D eigenvalue weighted by Crippen LogP contribution is -2.49. The van der Waals surface area contributed by atoms with Crippen molar-refractivity contribution in [2.45, 2.75) is 37.8 Å². The van der Waals surface area contributed by atoms with Crippen molar-refractivity contribution in [2.75, 3.05) is 49.1 Å². The van der Waals surface area contributed by atoms with Gasteiger partial charge in [0, 0.05) is 51.9 Å². The second-order valence-corrected chi connectivity index (χ2v) is 11.7. The summed E-state index contributed by atoms with van der Waals surface area (Å²) < 4.78 is 74.5. The number of pyridine rings is 1. The molecule has 0 saturated carbocycles. The molecule has 2 saturated heterocycles. The fourth-order valence-electron chi connectivity index (χ4n) is 6.04. The highest BCUT2D eigenvalue weighted by atomic mass is 19.4. The van der Waals surface area contributed by atoms with Crippen molar-refractivity contribution in [1.82, 2.24) is 14.9 Å². The molecular formula is C34H32F5N5O3. The van der Waals surface area contributed by atoms with E-state index in [0.717, 1.165) is 5.56 Å². The largest absolute Gasteiger partial charge is 0.437 e. The monoisotopic (exact) mass is 653 g/mol. The Labute approximate surface area is 267 Å². The number of nitrogens with zero attached hydrogens (tertiary/aromatic N) is 5. The van der Waals surface area contributed by atoms with Crippen molar-refractivity contribution >= 4 is 23.5 Å². The van der Waals surface area contributed by atoms with Gasteiger partial charge in [-0.1, -0.05) is 36.4 Å². The minimum Gasteiger partial charge on any atom is -0.420 e. The summed E-state index contributed by atoms with van der Waals surface area (Å²) in [4.78, 5) is 39.1. The van der Waals surface area contributed by atoms with Crippen LogP contribution in [-0.4, -0.2) is 65.8 Å². The van der Waals surface area contributed by atoms with E-state index in [4.69, 9.17) is 4.42 Å². The second kappa shape index (κ2) is 13.5. The van der Waals surface area contributed by atoms with Crippen LogP contribution in [0.1, 0.15) is 51.7 Å². The summed E-state index contributed by atoms with van der Waals surface area (Å²) in [5.41, 5.74) is 0.353. The molecule has 0 aliphatic carbocycles. The van der Waals surface area contributed by atoms with Gasteiger partial charge in [-0.3, -0.25) is 9.59 Å². The average molecular weight is 654 g/mol. The molecule has 0 atom stereocenters. The van der Waals surface area contributed by atoms with Crippen LogP contribution in [0.25, 0.3) is 0 Å². The highest BCUT2D eigenvalue weighted by molar-refractivity contribution is 5.96. The maximum Gasteiger partial charge on any atom is 0.437 e. The third-order valence-electron chi connectivity index (χ3n) is 8.67. The Morgan fingerprint density at radius 2 is 1.53 bits per heavy atom. The minimum absolute atomic E-state index is 0.0214. The number of benzene rings is 2. The number of oxazole rings is 1. The number of ketones is 1. The first-order chi connectivity index (χ1) is 22.5. The molecular weight excluding hydrogens is 621 g/mol. The molecule has 2 fully saturated rings. The number of hydrogen-bond acceptors (Lipinski definition) is 7. The molecule has 0 radical (unpaired) electrons. The van der Waals surface area contributed by atoms with Crippen molar-refractivity contribution in [2.24, 2.45) is 0 Å². The molecule has 2 aliphatic rings. The summed E-state index contributed by atoms with van der Waals surface area (Å²) in [5, 5.41) is 0. The number of carbonyl (C=O) groups excluding carboxylic acids is 2. The quantitative estimate of drug-likeness (QED) is 0.169. The van der Waals surface area contributed by atoms with Crippen molar-refractivity contribution in [3.63, 3.8) is 0 Å². The molecule has 2 aliphatic heterocycles. The van der Waals surface area contributed by atoms with Crippen LogP contribution in [0, 0.1) is 11.6 Å². The lowest BCUT2D eigenvalue weighted by Gasteiger charge is -2.35. The Balaban J connectivity index is 1.05. The smallest absolute Gasteiger partial charge is 0.420 e. The van der Waals surface area contributed by atoms with Gasteiger partial charge in [0.05, 0.1) is 6.42 Å². The van der Waals surface area contributed by atoms with Crippen molar-refractivity contribution in [1.29, 1.82) is 0 Å². The van der Waals surface area contributed by atoms with E-state index in [2.05, 4.69) is 9.97 Å². The number of halogens is 5. The molecule has 6 rings (SSSR count). The molecule has 4 aromatic rings. The zero-order valence-corrected chi connectivity index (χ0v) is 25.3. The predicted molar refractivity (Wildman–Crippen MR) is 163 cm³/mol. The number of anilines is 2. The Hall–Kier alpha value is -4.81. The molecule has 4 heterocycles. The molecule has 2 aromatic heterocycles. The normalized spacial score (nSPS) is 16.1. The van der Waals surface area contributed by atoms with E-state index in [1.54, 1.807) is 52.3 Å². The highest BCUT2D eigenvalue weighted by Gasteiger charge is 2.42. The summed E-state index contributed by atoms with van der Waals surface area (Å²) in [7, 11) is 0. The summed E-state index contributed by atoms with van der Waals surface area (Å²) in [6, 6.07) is 15.4. The third-order valence-corrected chi connectivity index (χ3v) is 8.67. The fraction of sp³-hybridized carbons (Fsp3) is 0.353. The Morgan fingerprint density at radius 3 is 2.17 bits per heavy atom. The molecule has 47 heavy (non-hydrogen) atoms. The van der Waals surface area contributed by atoms with E-state index in [9.17, 15) is 31.5 Å². The summed E-state index contributed by atoms with van der Waals surface area (Å²) in [6.45, 7) is 2.57. The van der Waals surface area contributed by atoms with E-state index >= 15 is 0 Å². The first kappa shape index (κ1) is 32.1. The van der Waals surface area contributed by atoms with Gasteiger partial charge in [-0.25, -0.2) is 13.8 Å². The lowest BCUT2D eigenvalue weighted by atomic mass is 9.89. The molecule has 0 unspecified atom stereocenters. The molecule has 0 spiro atoms. The molecule has 0 bridgehead atoms. The maximum absolute atomic E-state index is 14.0. The Kier molecular flexibility index (Phi) is 9.24. The zero-order chi connectivity index (χ0) is 33.1. The summed E-state index contributed by atoms with van der Waals surface area (Å²) >= 11 is 0. The lowest BCUT2D eigenvalue weighted by molar-refractivity contribution is -0.141. The zero-order valence-electron chi connectivity index (χ0n) is 25.3. The molecule has 0 N–H and O–H groups in total. The Morgan fingerprint density at radius 1 is 0.830 bits per heavy atom. The van der Waals surface area contributed by atoms with Gasteiger partial charge >= 0.3 is 6.18 Å². The first-order valence-electron chi connectivity index (χ1n) is 15.4. The van der Waals surface area contributed by atoms with Crippen molar-refractivity contribution in [3.8, 4) is 0 Å². The molecule has 1 amide bonds. The molecule has 2 aromatic carbocycles. The standard InChI is InChI=1S/C34H32F5N5O3/c35-26-8-6-23(7-9-26)24-11-13-44(14-12-24)33-41-32(34(37,38)39)31(47-33)28(45)19-22-5-10-29(40-21-22)42-15-17-43(18-16-42)30(46)20-25-3-1-2-4-27(25)36/h1-10,21,24H,11-20H2. The van der Waals surface area contributed by atoms with Crippen molar-refractivity contribution < 1.29 is 36.0 Å². The van der Waals surface area contributed by atoms with Gasteiger partial charge in [0.25, 0.3) is 6.01 Å². The summed E-state index contributed by atoms with van der Waals surface area (Å²) in [5.74, 6) is -1.90. The summed E-state index contributed by atoms with van der Waals surface area (Å²) in [6.07, 6.45) is -2.62. The number of hydrogen-bond donors (Lipinski definition) is 0. The number of piperazine rings is 1. The number of rotatable bonds is 8. The van der Waals surface area contributed by atoms with Crippen LogP contribution >= 0.6 is 0 Å². The fourth-order valence-corrected chi connectivity index (χ4v) is 6.04. The van der Waals surface area contributed by atoms with Crippen molar-refractivity contribution in [3.05, 3.63) is 107 Å². The number of Topliss-reactive ketones (excluding diaryl/α,β-unsaturated/α-hetero) is 1. The maximum atomic E-state index is 14.0. The van der Waals surface area contributed by atoms with Gasteiger partial charge in [0.15, 0.2) is 5.69 Å². The number of aromatic nitrogens is 2. The van der Waals surface area contributed by atoms with E-state index in [1.807, 2.05) is 4.90 Å². The SMILES string of the molecule is O=C(Cc1ccc(N2CCN(C(=O)Cc3ccccc3F)CC2)nc1)c1oc(N2CCC(c3ccc(F)cc3)CC2)nc1C(F)(F)F. The van der Waals surface area contributed by atoms with Gasteiger partial charge in [-0.05, 0) is 59.7 Å². The predicted octanol–water partition coefficient (Wildman–Crippen LogP) is 6.07. The van der Waals surface area contributed by atoms with E-state index < -0.39 is 29.2 Å². The van der Waals surface area contributed by atoms with E-state index in [0.29, 0.717) is 69.1 Å². The number of piperidine rings is 1. The number of amides is 1. The van der Waals surface area contributed by atoms with Crippen LogP contribution in [0.5, 0.6) is 0 Å². The topological polar surface area (TPSA) is 82.8 Å². The van der Waals surface area contributed by atoms with Gasteiger partial charge < -0.3 is 19.1 Å². The van der Waals surface area contributed by atoms with Gasteiger partial charge in [-0.2, -0.15) is 18.2 Å². The first-order valence-corrected chi connectivity index (χ1v) is 15.4. The third kappa shape index (κ3) is 7.44. The number of alkyl halides is 3. The van der Waals surface area contributed by atoms with Crippen LogP contribution < -0.4 is 9.80 Å². The van der Waals surface area contributed by atoms with Gasteiger partial charge in [-0.15, -0.1) is 0 Å². The second-order valence-electron chi connectivity index (χ2n) is 11.7. The average Bonchev–Trinajstić information content (AvgIpc) is 3.54. The minimum atomic E-state index is -4.89. The van der Waals surface area contributed by atoms with Gasteiger partial charge in [0.1, 0.15) is 17.5 Å².